The van der Waals surface area contributed by atoms with E-state index < -0.39 is 0 Å². The smallest absolute Gasteiger partial charge is 0.252 e. The molecule has 1 atom stereocenters. The fourth-order valence-corrected chi connectivity index (χ4v) is 3.24. The minimum Gasteiger partial charge on any atom is -0.345 e. The monoisotopic (exact) mass is 396 g/mol. The van der Waals surface area contributed by atoms with Crippen molar-refractivity contribution in [1.29, 1.82) is 0 Å². The lowest BCUT2D eigenvalue weighted by molar-refractivity contribution is 0.0929. The molecule has 0 bridgehead atoms. The summed E-state index contributed by atoms with van der Waals surface area (Å²) < 4.78 is 1.67. The van der Waals surface area contributed by atoms with Crippen LogP contribution in [0.15, 0.2) is 91.5 Å². The molecule has 0 aliphatic heterocycles. The maximum Gasteiger partial charge on any atom is 0.252 e. The molecule has 6 nitrogen and oxygen atoms in total. The van der Waals surface area contributed by atoms with E-state index in [4.69, 9.17) is 0 Å². The minimum atomic E-state index is -0.289. The maximum atomic E-state index is 13.0. The number of amides is 1. The second kappa shape index (κ2) is 8.53. The van der Waals surface area contributed by atoms with Crippen LogP contribution in [0.5, 0.6) is 0 Å². The van der Waals surface area contributed by atoms with Crippen molar-refractivity contribution in [2.45, 2.75) is 13.0 Å². The van der Waals surface area contributed by atoms with Gasteiger partial charge in [-0.25, -0.2) is 9.67 Å². The van der Waals surface area contributed by atoms with E-state index in [1.165, 1.54) is 6.33 Å². The van der Waals surface area contributed by atoms with Gasteiger partial charge in [0.05, 0.1) is 17.3 Å². The summed E-state index contributed by atoms with van der Waals surface area (Å²) >= 11 is 0. The van der Waals surface area contributed by atoms with Gasteiger partial charge in [-0.1, -0.05) is 60.7 Å². The van der Waals surface area contributed by atoms with Crippen molar-refractivity contribution in [3.8, 4) is 5.69 Å². The normalized spacial score (nSPS) is 11.6. The maximum absolute atomic E-state index is 13.0. The summed E-state index contributed by atoms with van der Waals surface area (Å²) in [7, 11) is 0. The number of benzene rings is 3. The van der Waals surface area contributed by atoms with Gasteiger partial charge in [0.25, 0.3) is 5.91 Å². The van der Waals surface area contributed by atoms with Gasteiger partial charge in [0.2, 0.25) is 0 Å². The summed E-state index contributed by atoms with van der Waals surface area (Å²) in [5, 5.41) is 7.09. The Morgan fingerprint density at radius 2 is 1.53 bits per heavy atom. The lowest BCUT2D eigenvalue weighted by Gasteiger charge is -2.16. The van der Waals surface area contributed by atoms with Crippen molar-refractivity contribution >= 4 is 11.7 Å². The molecule has 1 heterocycles. The molecule has 0 fully saturated rings. The Hall–Kier alpha value is -4.06. The van der Waals surface area contributed by atoms with Crippen molar-refractivity contribution in [2.75, 3.05) is 0 Å². The molecule has 30 heavy (non-hydrogen) atoms. The topological polar surface area (TPSA) is 76.9 Å². The first-order valence-electron chi connectivity index (χ1n) is 9.58. The number of rotatable bonds is 6. The van der Waals surface area contributed by atoms with Gasteiger partial charge in [0.1, 0.15) is 12.7 Å². The van der Waals surface area contributed by atoms with Gasteiger partial charge in [-0.15, -0.1) is 0 Å². The molecular formula is C24H20N4O2. The first-order valence-corrected chi connectivity index (χ1v) is 9.58. The average Bonchev–Trinajstić information content (AvgIpc) is 3.34. The molecule has 4 aromatic rings. The molecule has 0 saturated carbocycles. The quantitative estimate of drug-likeness (QED) is 0.500. The molecule has 1 N–H and O–H groups in total. The van der Waals surface area contributed by atoms with E-state index in [1.807, 2.05) is 37.3 Å². The summed E-state index contributed by atoms with van der Waals surface area (Å²) in [5.74, 6) is -0.464. The number of carbonyl (C=O) groups is 2. The molecule has 0 radical (unpaired) electrons. The van der Waals surface area contributed by atoms with E-state index in [0.29, 0.717) is 16.7 Å². The van der Waals surface area contributed by atoms with E-state index >= 15 is 0 Å². The predicted octanol–water partition coefficient (Wildman–Crippen LogP) is 3.99. The fraction of sp³-hybridized carbons (Fsp3) is 0.0833. The Kier molecular flexibility index (Phi) is 5.48. The van der Waals surface area contributed by atoms with Crippen molar-refractivity contribution in [3.63, 3.8) is 0 Å². The van der Waals surface area contributed by atoms with Crippen molar-refractivity contribution in [3.05, 3.63) is 114 Å². The predicted molar refractivity (Wildman–Crippen MR) is 114 cm³/mol. The molecule has 0 spiro atoms. The lowest BCUT2D eigenvalue weighted by Crippen LogP contribution is -2.28. The molecule has 6 heteroatoms. The second-order valence-corrected chi connectivity index (χ2v) is 6.87. The third-order valence-electron chi connectivity index (χ3n) is 4.88. The minimum absolute atomic E-state index is 0.175. The van der Waals surface area contributed by atoms with Gasteiger partial charge < -0.3 is 5.32 Å². The summed E-state index contributed by atoms with van der Waals surface area (Å²) in [6, 6.07) is 23.3. The number of ketones is 1. The lowest BCUT2D eigenvalue weighted by atomic mass is 9.97. The SMILES string of the molecule is C[C@@H](NC(=O)c1ccccc1C(=O)c1ccccc1)c1ccc(-n2cncn2)cc1. The first-order chi connectivity index (χ1) is 14.6. The first kappa shape index (κ1) is 19.3. The third kappa shape index (κ3) is 4.03. The zero-order valence-corrected chi connectivity index (χ0v) is 16.4. The van der Waals surface area contributed by atoms with Crippen molar-refractivity contribution in [1.82, 2.24) is 20.1 Å². The number of aromatic nitrogens is 3. The van der Waals surface area contributed by atoms with Crippen LogP contribution in [0.4, 0.5) is 0 Å². The van der Waals surface area contributed by atoms with Crippen LogP contribution in [0.25, 0.3) is 5.69 Å². The standard InChI is InChI=1S/C24H20N4O2/c1-17(18-11-13-20(14-12-18)28-16-25-15-26-28)27-24(30)22-10-6-5-9-21(22)23(29)19-7-3-2-4-8-19/h2-17H,1H3,(H,27,30)/t17-/m1/s1. The molecule has 4 rings (SSSR count). The average molecular weight is 396 g/mol. The van der Waals surface area contributed by atoms with E-state index in [2.05, 4.69) is 15.4 Å². The van der Waals surface area contributed by atoms with Crippen LogP contribution in [0.1, 0.15) is 44.8 Å². The molecule has 0 unspecified atom stereocenters. The summed E-state index contributed by atoms with van der Waals surface area (Å²) in [6.07, 6.45) is 3.10. The van der Waals surface area contributed by atoms with Gasteiger partial charge in [-0.2, -0.15) is 5.10 Å². The van der Waals surface area contributed by atoms with Gasteiger partial charge in [0.15, 0.2) is 5.78 Å². The summed E-state index contributed by atoms with van der Waals surface area (Å²) in [4.78, 5) is 29.8. The Morgan fingerprint density at radius 3 is 2.20 bits per heavy atom. The number of nitrogens with one attached hydrogen (secondary N) is 1. The Morgan fingerprint density at radius 1 is 0.867 bits per heavy atom. The number of hydrogen-bond acceptors (Lipinski definition) is 4. The van der Waals surface area contributed by atoms with Crippen LogP contribution in [0.2, 0.25) is 0 Å². The van der Waals surface area contributed by atoms with E-state index in [-0.39, 0.29) is 17.7 Å². The van der Waals surface area contributed by atoms with Crippen LogP contribution < -0.4 is 5.32 Å². The number of carbonyl (C=O) groups excluding carboxylic acids is 2. The molecule has 0 saturated heterocycles. The zero-order valence-electron chi connectivity index (χ0n) is 16.4. The van der Waals surface area contributed by atoms with Gasteiger partial charge in [0, 0.05) is 11.1 Å². The van der Waals surface area contributed by atoms with Crippen LogP contribution in [0.3, 0.4) is 0 Å². The van der Waals surface area contributed by atoms with Gasteiger partial charge in [-0.05, 0) is 30.7 Å². The fourth-order valence-electron chi connectivity index (χ4n) is 3.24. The van der Waals surface area contributed by atoms with Gasteiger partial charge in [-0.3, -0.25) is 9.59 Å². The van der Waals surface area contributed by atoms with E-state index in [9.17, 15) is 9.59 Å². The third-order valence-corrected chi connectivity index (χ3v) is 4.88. The molecule has 148 valence electrons. The van der Waals surface area contributed by atoms with Crippen molar-refractivity contribution in [2.24, 2.45) is 0 Å². The number of hydrogen-bond donors (Lipinski definition) is 1. The molecule has 1 amide bonds. The Labute approximate surface area is 174 Å². The van der Waals surface area contributed by atoms with Gasteiger partial charge >= 0.3 is 0 Å². The highest BCUT2D eigenvalue weighted by Gasteiger charge is 2.19. The van der Waals surface area contributed by atoms with Crippen LogP contribution in [-0.4, -0.2) is 26.5 Å². The summed E-state index contributed by atoms with van der Waals surface area (Å²) in [5.41, 5.74) is 3.12. The van der Waals surface area contributed by atoms with E-state index in [0.717, 1.165) is 11.3 Å². The highest BCUT2D eigenvalue weighted by Crippen LogP contribution is 2.18. The van der Waals surface area contributed by atoms with Crippen molar-refractivity contribution < 1.29 is 9.59 Å². The number of nitrogens with zero attached hydrogens (tertiary/aromatic N) is 3. The Balaban J connectivity index is 1.52. The molecule has 0 aliphatic carbocycles. The van der Waals surface area contributed by atoms with Crippen LogP contribution >= 0.6 is 0 Å². The largest absolute Gasteiger partial charge is 0.345 e. The zero-order chi connectivity index (χ0) is 20.9. The molecule has 3 aromatic carbocycles. The Bertz CT molecular complexity index is 1150. The van der Waals surface area contributed by atoms with Crippen LogP contribution in [-0.2, 0) is 0 Å². The van der Waals surface area contributed by atoms with E-state index in [1.54, 1.807) is 59.5 Å². The molecular weight excluding hydrogens is 376 g/mol. The molecule has 1 aromatic heterocycles. The summed E-state index contributed by atoms with van der Waals surface area (Å²) in [6.45, 7) is 1.91. The van der Waals surface area contributed by atoms with Crippen LogP contribution in [0, 0.1) is 0 Å². The highest BCUT2D eigenvalue weighted by molar-refractivity contribution is 6.15. The highest BCUT2D eigenvalue weighted by atomic mass is 16.2. The molecule has 0 aliphatic rings. The second-order valence-electron chi connectivity index (χ2n) is 6.87.